The largest absolute Gasteiger partial charge is 0.333 e. The molecule has 152 valence electrons. The minimum atomic E-state index is -0.800. The van der Waals surface area contributed by atoms with E-state index < -0.39 is 17.4 Å². The molecule has 0 fully saturated rings. The number of fused-ring (bicyclic) bond motifs is 1. The average Bonchev–Trinajstić information content (AvgIpc) is 3.17. The van der Waals surface area contributed by atoms with Gasteiger partial charge in [-0.05, 0) is 36.7 Å². The van der Waals surface area contributed by atoms with Gasteiger partial charge >= 0.3 is 0 Å². The molecule has 0 amide bonds. The third kappa shape index (κ3) is 3.69. The average molecular weight is 407 g/mol. The molecule has 3 heterocycles. The van der Waals surface area contributed by atoms with E-state index in [0.717, 1.165) is 35.4 Å². The Morgan fingerprint density at radius 3 is 2.83 bits per heavy atom. The molecule has 0 saturated heterocycles. The third-order valence-electron chi connectivity index (χ3n) is 4.91. The van der Waals surface area contributed by atoms with Gasteiger partial charge in [-0.1, -0.05) is 6.92 Å². The van der Waals surface area contributed by atoms with Gasteiger partial charge in [0.1, 0.15) is 11.3 Å². The number of H-pyrrole nitrogens is 1. The number of hydrogen-bond acceptors (Lipinski definition) is 5. The van der Waals surface area contributed by atoms with E-state index in [1.165, 1.54) is 6.20 Å². The number of halogens is 2. The van der Waals surface area contributed by atoms with Crippen LogP contribution in [0.25, 0.3) is 22.3 Å². The van der Waals surface area contributed by atoms with E-state index in [-0.39, 0.29) is 16.9 Å². The number of carbonyl (C=O) groups is 1. The number of nitrogens with one attached hydrogen (secondary N) is 2. The van der Waals surface area contributed by atoms with Gasteiger partial charge in [-0.2, -0.15) is 0 Å². The lowest BCUT2D eigenvalue weighted by molar-refractivity contribution is 0.103. The number of nitrogens with zero attached hydrogens (tertiary/aromatic N) is 3. The van der Waals surface area contributed by atoms with Gasteiger partial charge in [0.05, 0.1) is 11.2 Å². The van der Waals surface area contributed by atoms with Crippen LogP contribution in [0.4, 0.5) is 8.78 Å². The summed E-state index contributed by atoms with van der Waals surface area (Å²) in [4.78, 5) is 28.3. The molecule has 0 unspecified atom stereocenters. The molecule has 0 aliphatic heterocycles. The van der Waals surface area contributed by atoms with E-state index in [4.69, 9.17) is 0 Å². The number of hydrogen-bond donors (Lipinski definition) is 2. The maximum Gasteiger partial charge on any atom is 0.228 e. The zero-order valence-corrected chi connectivity index (χ0v) is 16.5. The van der Waals surface area contributed by atoms with Crippen molar-refractivity contribution in [3.63, 3.8) is 0 Å². The first-order valence-corrected chi connectivity index (χ1v) is 9.48. The van der Waals surface area contributed by atoms with Crippen LogP contribution in [0.3, 0.4) is 0 Å². The fraction of sp³-hybridized carbons (Fsp3) is 0.182. The number of aromatic nitrogens is 4. The fourth-order valence-electron chi connectivity index (χ4n) is 3.27. The number of imidazole rings is 1. The maximum absolute atomic E-state index is 13.9. The Bertz CT molecular complexity index is 1250. The number of aromatic amines is 1. The lowest BCUT2D eigenvalue weighted by Crippen LogP contribution is -2.13. The van der Waals surface area contributed by atoms with Crippen molar-refractivity contribution in [2.45, 2.75) is 20.4 Å². The second-order valence-electron chi connectivity index (χ2n) is 6.88. The normalized spacial score (nSPS) is 11.2. The molecule has 0 bridgehead atoms. The molecule has 0 radical (unpaired) electrons. The molecule has 0 saturated carbocycles. The van der Waals surface area contributed by atoms with Crippen molar-refractivity contribution in [2.24, 2.45) is 0 Å². The highest BCUT2D eigenvalue weighted by atomic mass is 19.1. The number of rotatable bonds is 6. The molecule has 0 aliphatic carbocycles. The molecule has 8 heteroatoms. The molecule has 4 aromatic rings. The minimum Gasteiger partial charge on any atom is -0.333 e. The van der Waals surface area contributed by atoms with Crippen LogP contribution < -0.4 is 5.32 Å². The summed E-state index contributed by atoms with van der Waals surface area (Å²) in [5, 5.41) is 3.27. The standard InChI is InChI=1S/C22H19F2N5O/c1-3-25-9-14-10-26-11-16(12(14)2)18-6-13(4-5-27-18)21(30)22-28-19-8-15(23)7-17(24)20(19)29-22/h4-8,10-11,25H,3,9H2,1-2H3,(H,28,29). The summed E-state index contributed by atoms with van der Waals surface area (Å²) < 4.78 is 27.4. The van der Waals surface area contributed by atoms with Crippen molar-refractivity contribution in [3.8, 4) is 11.3 Å². The molecule has 0 spiro atoms. The predicted molar refractivity (Wildman–Crippen MR) is 109 cm³/mol. The Balaban J connectivity index is 1.70. The molecule has 6 nitrogen and oxygen atoms in total. The summed E-state index contributed by atoms with van der Waals surface area (Å²) in [6, 6.07) is 5.03. The van der Waals surface area contributed by atoms with Gasteiger partial charge in [-0.15, -0.1) is 0 Å². The SMILES string of the molecule is CCNCc1cncc(-c2cc(C(=O)c3nc4cc(F)cc(F)c4[nH]3)ccn2)c1C. The Kier molecular flexibility index (Phi) is 5.33. The Hall–Kier alpha value is -3.52. The van der Waals surface area contributed by atoms with Gasteiger partial charge in [0.2, 0.25) is 5.78 Å². The lowest BCUT2D eigenvalue weighted by atomic mass is 10.0. The summed E-state index contributed by atoms with van der Waals surface area (Å²) in [5.41, 5.74) is 3.85. The van der Waals surface area contributed by atoms with Crippen LogP contribution in [-0.2, 0) is 6.54 Å². The highest BCUT2D eigenvalue weighted by Gasteiger charge is 2.18. The van der Waals surface area contributed by atoms with Crippen molar-refractivity contribution in [1.29, 1.82) is 0 Å². The van der Waals surface area contributed by atoms with Crippen LogP contribution in [0.1, 0.15) is 34.2 Å². The van der Waals surface area contributed by atoms with Gasteiger partial charge in [-0.25, -0.2) is 13.8 Å². The Labute approximate surface area is 171 Å². The number of carbonyl (C=O) groups excluding carboxylic acids is 1. The van der Waals surface area contributed by atoms with Crippen molar-refractivity contribution >= 4 is 16.8 Å². The second kappa shape index (κ2) is 8.08. The van der Waals surface area contributed by atoms with E-state index in [1.54, 1.807) is 24.5 Å². The topological polar surface area (TPSA) is 83.6 Å². The first-order valence-electron chi connectivity index (χ1n) is 9.48. The highest BCUT2D eigenvalue weighted by Crippen LogP contribution is 2.25. The maximum atomic E-state index is 13.9. The van der Waals surface area contributed by atoms with Crippen LogP contribution in [0.5, 0.6) is 0 Å². The molecular formula is C22H19F2N5O. The molecule has 2 N–H and O–H groups in total. The molecule has 30 heavy (non-hydrogen) atoms. The lowest BCUT2D eigenvalue weighted by Gasteiger charge is -2.11. The third-order valence-corrected chi connectivity index (χ3v) is 4.91. The number of benzene rings is 1. The van der Waals surface area contributed by atoms with Gasteiger partial charge < -0.3 is 10.3 Å². The van der Waals surface area contributed by atoms with Crippen molar-refractivity contribution in [3.05, 3.63) is 77.0 Å². The predicted octanol–water partition coefficient (Wildman–Crippen LogP) is 3.95. The summed E-state index contributed by atoms with van der Waals surface area (Å²) in [6.45, 7) is 5.54. The first kappa shape index (κ1) is 19.8. The first-order chi connectivity index (χ1) is 14.5. The smallest absolute Gasteiger partial charge is 0.228 e. The van der Waals surface area contributed by atoms with E-state index in [9.17, 15) is 13.6 Å². The highest BCUT2D eigenvalue weighted by molar-refractivity contribution is 6.08. The van der Waals surface area contributed by atoms with Crippen LogP contribution >= 0.6 is 0 Å². The van der Waals surface area contributed by atoms with E-state index >= 15 is 0 Å². The molecule has 3 aromatic heterocycles. The zero-order chi connectivity index (χ0) is 21.3. The summed E-state index contributed by atoms with van der Waals surface area (Å²) in [7, 11) is 0. The van der Waals surface area contributed by atoms with Crippen LogP contribution in [0.15, 0.2) is 42.9 Å². The summed E-state index contributed by atoms with van der Waals surface area (Å²) in [5.74, 6) is -2.06. The van der Waals surface area contributed by atoms with Gasteiger partial charge in [0.25, 0.3) is 0 Å². The second-order valence-corrected chi connectivity index (χ2v) is 6.88. The summed E-state index contributed by atoms with van der Waals surface area (Å²) >= 11 is 0. The molecule has 0 aliphatic rings. The quantitative estimate of drug-likeness (QED) is 0.473. The summed E-state index contributed by atoms with van der Waals surface area (Å²) in [6.07, 6.45) is 5.04. The van der Waals surface area contributed by atoms with Crippen LogP contribution in [0.2, 0.25) is 0 Å². The van der Waals surface area contributed by atoms with E-state index in [1.807, 2.05) is 13.8 Å². The Morgan fingerprint density at radius 1 is 1.20 bits per heavy atom. The monoisotopic (exact) mass is 407 g/mol. The molecule has 4 rings (SSSR count). The van der Waals surface area contributed by atoms with Crippen molar-refractivity contribution in [2.75, 3.05) is 6.54 Å². The van der Waals surface area contributed by atoms with E-state index in [2.05, 4.69) is 25.3 Å². The number of ketones is 1. The van der Waals surface area contributed by atoms with E-state index in [0.29, 0.717) is 17.8 Å². The molecule has 0 atom stereocenters. The molecule has 1 aromatic carbocycles. The van der Waals surface area contributed by atoms with Gasteiger partial charge in [0.15, 0.2) is 11.6 Å². The van der Waals surface area contributed by atoms with Gasteiger partial charge in [-0.3, -0.25) is 14.8 Å². The zero-order valence-electron chi connectivity index (χ0n) is 16.5. The van der Waals surface area contributed by atoms with Crippen molar-refractivity contribution < 1.29 is 13.6 Å². The number of pyridine rings is 2. The minimum absolute atomic E-state index is 0.00907. The van der Waals surface area contributed by atoms with Gasteiger partial charge in [0, 0.05) is 48.4 Å². The Morgan fingerprint density at radius 2 is 2.03 bits per heavy atom. The van der Waals surface area contributed by atoms with Crippen molar-refractivity contribution in [1.82, 2.24) is 25.3 Å². The fourth-order valence-corrected chi connectivity index (χ4v) is 3.27. The van der Waals surface area contributed by atoms with Crippen LogP contribution in [-0.4, -0.2) is 32.3 Å². The molecular weight excluding hydrogens is 388 g/mol. The van der Waals surface area contributed by atoms with Crippen LogP contribution in [0, 0.1) is 18.6 Å².